The van der Waals surface area contributed by atoms with Crippen LogP contribution in [0.3, 0.4) is 0 Å². The van der Waals surface area contributed by atoms with Gasteiger partial charge in [-0.1, -0.05) is 13.0 Å². The number of ether oxygens (including phenoxy) is 5. The van der Waals surface area contributed by atoms with Crippen molar-refractivity contribution in [1.82, 2.24) is 0 Å². The van der Waals surface area contributed by atoms with Crippen LogP contribution >= 0.6 is 11.8 Å². The highest BCUT2D eigenvalue weighted by molar-refractivity contribution is 7.99. The molecular formula is C22H14O7S. The van der Waals surface area contributed by atoms with Crippen molar-refractivity contribution in [2.75, 3.05) is 19.3 Å². The molecule has 8 heteroatoms. The third-order valence-electron chi connectivity index (χ3n) is 5.30. The Bertz CT molecular complexity index is 1280. The summed E-state index contributed by atoms with van der Waals surface area (Å²) in [6.07, 6.45) is 0. The van der Waals surface area contributed by atoms with Gasteiger partial charge in [-0.2, -0.15) is 0 Å². The van der Waals surface area contributed by atoms with E-state index in [0.29, 0.717) is 39.0 Å². The van der Waals surface area contributed by atoms with Crippen molar-refractivity contribution in [1.29, 1.82) is 0 Å². The third-order valence-corrected chi connectivity index (χ3v) is 6.30. The van der Waals surface area contributed by atoms with E-state index < -0.39 is 11.9 Å². The Morgan fingerprint density at radius 2 is 1.40 bits per heavy atom. The number of cyclic esters (lactones) is 2. The van der Waals surface area contributed by atoms with Gasteiger partial charge < -0.3 is 23.7 Å². The highest BCUT2D eigenvalue weighted by atomic mass is 32.2. The summed E-state index contributed by atoms with van der Waals surface area (Å²) in [5, 5.41) is 1.59. The van der Waals surface area contributed by atoms with Crippen LogP contribution in [-0.4, -0.2) is 31.3 Å². The van der Waals surface area contributed by atoms with Crippen molar-refractivity contribution in [3.05, 3.63) is 41.5 Å². The molecule has 0 amide bonds. The van der Waals surface area contributed by atoms with Crippen LogP contribution in [0.15, 0.2) is 35.2 Å². The molecule has 0 aliphatic carbocycles. The molecule has 6 rings (SSSR count). The van der Waals surface area contributed by atoms with Crippen LogP contribution < -0.4 is 18.9 Å². The first kappa shape index (κ1) is 17.5. The fourth-order valence-electron chi connectivity index (χ4n) is 4.08. The van der Waals surface area contributed by atoms with Crippen molar-refractivity contribution in [2.45, 2.75) is 11.8 Å². The van der Waals surface area contributed by atoms with Crippen LogP contribution in [0, 0.1) is 0 Å². The maximum absolute atomic E-state index is 12.8. The SMILES string of the molecule is CCSc1c2c(c(-c3ccc4c(c3)OCO4)c3cc4c(cc13)OCO4)C(=O)OC2=O. The molecule has 0 saturated carbocycles. The highest BCUT2D eigenvalue weighted by Gasteiger charge is 2.38. The zero-order chi connectivity index (χ0) is 20.4. The minimum absolute atomic E-state index is 0.127. The third kappa shape index (κ3) is 2.34. The Kier molecular flexibility index (Phi) is 3.67. The van der Waals surface area contributed by atoms with Gasteiger partial charge in [0.1, 0.15) is 0 Å². The lowest BCUT2D eigenvalue weighted by molar-refractivity contribution is 0.0443. The number of benzene rings is 3. The van der Waals surface area contributed by atoms with Crippen LogP contribution in [0.4, 0.5) is 0 Å². The average molecular weight is 422 g/mol. The minimum atomic E-state index is -0.653. The molecule has 3 heterocycles. The molecule has 3 aromatic carbocycles. The van der Waals surface area contributed by atoms with Crippen molar-refractivity contribution in [2.24, 2.45) is 0 Å². The van der Waals surface area contributed by atoms with Crippen LogP contribution in [0.25, 0.3) is 21.9 Å². The summed E-state index contributed by atoms with van der Waals surface area (Å²) in [6.45, 7) is 2.26. The van der Waals surface area contributed by atoms with Gasteiger partial charge in [-0.25, -0.2) is 9.59 Å². The first-order valence-electron chi connectivity index (χ1n) is 9.38. The van der Waals surface area contributed by atoms with E-state index in [0.717, 1.165) is 22.1 Å². The number of carbonyl (C=O) groups is 2. The summed E-state index contributed by atoms with van der Waals surface area (Å²) < 4.78 is 27.1. The fraction of sp³-hybridized carbons (Fsp3) is 0.182. The summed E-state index contributed by atoms with van der Waals surface area (Å²) in [6, 6.07) is 9.16. The Hall–Kier alpha value is -3.39. The van der Waals surface area contributed by atoms with E-state index in [2.05, 4.69) is 0 Å². The Morgan fingerprint density at radius 3 is 2.13 bits per heavy atom. The second-order valence-electron chi connectivity index (χ2n) is 6.88. The van der Waals surface area contributed by atoms with Crippen LogP contribution in [0.2, 0.25) is 0 Å². The molecule has 3 aromatic rings. The molecule has 0 spiro atoms. The normalized spacial score (nSPS) is 15.6. The van der Waals surface area contributed by atoms with E-state index in [1.54, 1.807) is 6.07 Å². The summed E-state index contributed by atoms with van der Waals surface area (Å²) >= 11 is 1.49. The maximum atomic E-state index is 12.8. The van der Waals surface area contributed by atoms with Gasteiger partial charge in [0, 0.05) is 15.8 Å². The monoisotopic (exact) mass is 422 g/mol. The van der Waals surface area contributed by atoms with Crippen molar-refractivity contribution >= 4 is 34.5 Å². The predicted octanol–water partition coefficient (Wildman–Crippen LogP) is 4.39. The fourth-order valence-corrected chi connectivity index (χ4v) is 5.02. The van der Waals surface area contributed by atoms with Gasteiger partial charge in [-0.05, 0) is 41.0 Å². The maximum Gasteiger partial charge on any atom is 0.348 e. The lowest BCUT2D eigenvalue weighted by atomic mass is 9.90. The van der Waals surface area contributed by atoms with Crippen molar-refractivity contribution < 1.29 is 33.3 Å². The second-order valence-corrected chi connectivity index (χ2v) is 8.16. The van der Waals surface area contributed by atoms with Gasteiger partial charge in [-0.15, -0.1) is 11.8 Å². The van der Waals surface area contributed by atoms with Gasteiger partial charge in [-0.3, -0.25) is 0 Å². The number of carbonyl (C=O) groups excluding carboxylic acids is 2. The highest BCUT2D eigenvalue weighted by Crippen LogP contribution is 2.49. The molecule has 30 heavy (non-hydrogen) atoms. The molecule has 150 valence electrons. The van der Waals surface area contributed by atoms with E-state index >= 15 is 0 Å². The average Bonchev–Trinajstić information content (AvgIpc) is 3.45. The molecule has 0 bridgehead atoms. The number of thioether (sulfide) groups is 1. The Morgan fingerprint density at radius 1 is 0.767 bits per heavy atom. The first-order valence-corrected chi connectivity index (χ1v) is 10.4. The van der Waals surface area contributed by atoms with Crippen molar-refractivity contribution in [3.8, 4) is 34.1 Å². The molecule has 0 unspecified atom stereocenters. The summed E-state index contributed by atoms with van der Waals surface area (Å²) in [4.78, 5) is 26.1. The number of hydrogen-bond donors (Lipinski definition) is 0. The molecule has 0 aromatic heterocycles. The molecule has 0 atom stereocenters. The Balaban J connectivity index is 1.75. The molecule has 0 fully saturated rings. The zero-order valence-corrected chi connectivity index (χ0v) is 16.6. The summed E-state index contributed by atoms with van der Waals surface area (Å²) in [7, 11) is 0. The van der Waals surface area contributed by atoms with Crippen LogP contribution in [0.1, 0.15) is 27.6 Å². The Labute approximate surface area is 174 Å². The number of esters is 2. The van der Waals surface area contributed by atoms with Gasteiger partial charge in [0.25, 0.3) is 0 Å². The van der Waals surface area contributed by atoms with Gasteiger partial charge in [0.15, 0.2) is 23.0 Å². The molecule has 3 aliphatic rings. The van der Waals surface area contributed by atoms with E-state index in [9.17, 15) is 9.59 Å². The first-order chi connectivity index (χ1) is 14.7. The van der Waals surface area contributed by atoms with Crippen LogP contribution in [-0.2, 0) is 4.74 Å². The largest absolute Gasteiger partial charge is 0.454 e. The molecule has 0 N–H and O–H groups in total. The number of rotatable bonds is 3. The van der Waals surface area contributed by atoms with Gasteiger partial charge >= 0.3 is 11.9 Å². The molecule has 7 nitrogen and oxygen atoms in total. The summed E-state index contributed by atoms with van der Waals surface area (Å²) in [5.74, 6) is 1.85. The van der Waals surface area contributed by atoms with E-state index in [-0.39, 0.29) is 19.1 Å². The molecule has 3 aliphatic heterocycles. The lowest BCUT2D eigenvalue weighted by Gasteiger charge is -2.16. The second kappa shape index (κ2) is 6.30. The number of fused-ring (bicyclic) bond motifs is 4. The van der Waals surface area contributed by atoms with E-state index in [1.165, 1.54) is 11.8 Å². The molecule has 0 saturated heterocycles. The smallest absolute Gasteiger partial charge is 0.348 e. The van der Waals surface area contributed by atoms with Gasteiger partial charge in [0.2, 0.25) is 13.6 Å². The predicted molar refractivity (Wildman–Crippen MR) is 108 cm³/mol. The summed E-state index contributed by atoms with van der Waals surface area (Å²) in [5.41, 5.74) is 1.89. The quantitative estimate of drug-likeness (QED) is 0.349. The minimum Gasteiger partial charge on any atom is -0.454 e. The van der Waals surface area contributed by atoms with E-state index in [1.807, 2.05) is 31.2 Å². The standard InChI is InChI=1S/C22H14O7S/c1-2-30-20-12-7-16-15(27-9-28-16)6-11(12)17(18-19(20)22(24)29-21(18)23)10-3-4-13-14(5-10)26-8-25-13/h3-7H,2,8-9H2,1H3. The van der Waals surface area contributed by atoms with Crippen molar-refractivity contribution in [3.63, 3.8) is 0 Å². The topological polar surface area (TPSA) is 80.3 Å². The van der Waals surface area contributed by atoms with Crippen LogP contribution in [0.5, 0.6) is 23.0 Å². The lowest BCUT2D eigenvalue weighted by Crippen LogP contribution is -2.01. The molecule has 0 radical (unpaired) electrons. The zero-order valence-electron chi connectivity index (χ0n) is 15.8. The molecular weight excluding hydrogens is 408 g/mol. The number of hydrogen-bond acceptors (Lipinski definition) is 8. The van der Waals surface area contributed by atoms with Gasteiger partial charge in [0.05, 0.1) is 11.1 Å². The van der Waals surface area contributed by atoms with E-state index in [4.69, 9.17) is 23.7 Å².